The number of nitrogens with zero attached hydrogens (tertiary/aromatic N) is 2. The minimum atomic E-state index is -0.428. The molecule has 0 aliphatic heterocycles. The van der Waals surface area contributed by atoms with Crippen molar-refractivity contribution >= 4 is 21.9 Å². The Morgan fingerprint density at radius 1 is 1.42 bits per heavy atom. The molecule has 1 heterocycles. The van der Waals surface area contributed by atoms with Gasteiger partial charge in [-0.15, -0.1) is 0 Å². The Bertz CT molecular complexity index is 578. The number of halogens is 1. The van der Waals surface area contributed by atoms with Crippen molar-refractivity contribution in [2.24, 2.45) is 0 Å². The number of hydrogen-bond acceptors (Lipinski definition) is 4. The molecule has 1 aromatic carbocycles. The lowest BCUT2D eigenvalue weighted by molar-refractivity contribution is -0.144. The normalized spacial score (nSPS) is 10.4. The first kappa shape index (κ1) is 13.6. The number of esters is 1. The molecule has 2 aromatic rings. The first-order valence-corrected chi connectivity index (χ1v) is 6.58. The van der Waals surface area contributed by atoms with Gasteiger partial charge in [-0.1, -0.05) is 28.1 Å². The largest absolute Gasteiger partial charge is 0.493 e. The fourth-order valence-electron chi connectivity index (χ4n) is 1.61. The zero-order chi connectivity index (χ0) is 13.8. The van der Waals surface area contributed by atoms with E-state index >= 15 is 0 Å². The SMILES string of the molecule is CCOC(=O)Cn1nc(-c2ccc(Br)cc2)cc1O. The Kier molecular flexibility index (Phi) is 4.21. The Morgan fingerprint density at radius 3 is 2.74 bits per heavy atom. The van der Waals surface area contributed by atoms with Gasteiger partial charge in [-0.25, -0.2) is 4.68 Å². The number of aromatic nitrogens is 2. The van der Waals surface area contributed by atoms with Crippen LogP contribution in [0.1, 0.15) is 6.92 Å². The first-order chi connectivity index (χ1) is 9.10. The summed E-state index contributed by atoms with van der Waals surface area (Å²) in [5.41, 5.74) is 1.47. The van der Waals surface area contributed by atoms with Crippen molar-refractivity contribution in [1.82, 2.24) is 9.78 Å². The maximum atomic E-state index is 11.4. The summed E-state index contributed by atoms with van der Waals surface area (Å²) < 4.78 is 7.00. The molecule has 5 nitrogen and oxygen atoms in total. The number of hydrogen-bond donors (Lipinski definition) is 1. The van der Waals surface area contributed by atoms with Gasteiger partial charge >= 0.3 is 5.97 Å². The van der Waals surface area contributed by atoms with E-state index in [1.807, 2.05) is 24.3 Å². The Morgan fingerprint density at radius 2 is 2.11 bits per heavy atom. The average molecular weight is 325 g/mol. The number of aromatic hydroxyl groups is 1. The first-order valence-electron chi connectivity index (χ1n) is 5.78. The minimum Gasteiger partial charge on any atom is -0.493 e. The summed E-state index contributed by atoms with van der Waals surface area (Å²) in [5.74, 6) is -0.491. The van der Waals surface area contributed by atoms with Crippen LogP contribution in [0, 0.1) is 0 Å². The zero-order valence-corrected chi connectivity index (χ0v) is 11.9. The van der Waals surface area contributed by atoms with Crippen molar-refractivity contribution in [2.45, 2.75) is 13.5 Å². The summed E-state index contributed by atoms with van der Waals surface area (Å²) >= 11 is 3.35. The number of rotatable bonds is 4. The van der Waals surface area contributed by atoms with Crippen LogP contribution in [0.15, 0.2) is 34.8 Å². The fraction of sp³-hybridized carbons (Fsp3) is 0.231. The second kappa shape index (κ2) is 5.88. The van der Waals surface area contributed by atoms with Gasteiger partial charge in [0.05, 0.1) is 12.3 Å². The molecule has 0 amide bonds. The molecule has 0 saturated carbocycles. The van der Waals surface area contributed by atoms with Gasteiger partial charge in [-0.05, 0) is 19.1 Å². The highest BCUT2D eigenvalue weighted by Crippen LogP contribution is 2.24. The van der Waals surface area contributed by atoms with E-state index in [0.29, 0.717) is 12.3 Å². The van der Waals surface area contributed by atoms with Crippen LogP contribution in [0.3, 0.4) is 0 Å². The molecule has 0 saturated heterocycles. The van der Waals surface area contributed by atoms with Gasteiger partial charge in [0.25, 0.3) is 0 Å². The standard InChI is InChI=1S/C13H13BrN2O3/c1-2-19-13(18)8-16-12(17)7-11(15-16)9-3-5-10(14)6-4-9/h3-7,17H,2,8H2,1H3. The van der Waals surface area contributed by atoms with E-state index in [1.165, 1.54) is 10.7 Å². The lowest BCUT2D eigenvalue weighted by Crippen LogP contribution is -2.14. The Labute approximate surface area is 118 Å². The lowest BCUT2D eigenvalue weighted by Gasteiger charge is -2.02. The predicted octanol–water partition coefficient (Wildman–Crippen LogP) is 2.58. The molecule has 0 spiro atoms. The van der Waals surface area contributed by atoms with E-state index in [-0.39, 0.29) is 12.4 Å². The molecule has 1 aromatic heterocycles. The van der Waals surface area contributed by atoms with Gasteiger partial charge in [-0.2, -0.15) is 5.10 Å². The van der Waals surface area contributed by atoms with Gasteiger partial charge in [0.2, 0.25) is 5.88 Å². The van der Waals surface area contributed by atoms with Crippen LogP contribution in [0.25, 0.3) is 11.3 Å². The summed E-state index contributed by atoms with van der Waals surface area (Å²) in [6.07, 6.45) is 0. The van der Waals surface area contributed by atoms with Gasteiger partial charge in [0.15, 0.2) is 0 Å². The van der Waals surface area contributed by atoms with Crippen LogP contribution >= 0.6 is 15.9 Å². The minimum absolute atomic E-state index is 0.0639. The fourth-order valence-corrected chi connectivity index (χ4v) is 1.88. The van der Waals surface area contributed by atoms with E-state index in [9.17, 15) is 9.90 Å². The maximum absolute atomic E-state index is 11.4. The number of benzene rings is 1. The average Bonchev–Trinajstić information content (AvgIpc) is 2.72. The highest BCUT2D eigenvalue weighted by molar-refractivity contribution is 9.10. The van der Waals surface area contributed by atoms with Crippen molar-refractivity contribution in [3.05, 3.63) is 34.8 Å². The van der Waals surface area contributed by atoms with E-state index in [1.54, 1.807) is 6.92 Å². The summed E-state index contributed by atoms with van der Waals surface area (Å²) in [5, 5.41) is 13.9. The third kappa shape index (κ3) is 3.35. The highest BCUT2D eigenvalue weighted by atomic mass is 79.9. The van der Waals surface area contributed by atoms with E-state index in [4.69, 9.17) is 4.74 Å². The Balaban J connectivity index is 2.21. The van der Waals surface area contributed by atoms with Crippen LogP contribution in [-0.4, -0.2) is 27.5 Å². The van der Waals surface area contributed by atoms with Crippen LogP contribution in [0.4, 0.5) is 0 Å². The number of carbonyl (C=O) groups is 1. The van der Waals surface area contributed by atoms with Gasteiger partial charge in [0.1, 0.15) is 6.54 Å². The second-order valence-corrected chi connectivity index (χ2v) is 4.77. The predicted molar refractivity (Wildman–Crippen MR) is 73.7 cm³/mol. The van der Waals surface area contributed by atoms with Gasteiger partial charge in [0, 0.05) is 16.1 Å². The number of carbonyl (C=O) groups excluding carboxylic acids is 1. The molecule has 0 bridgehead atoms. The molecule has 2 rings (SSSR count). The molecule has 19 heavy (non-hydrogen) atoms. The molecule has 0 fully saturated rings. The van der Waals surface area contributed by atoms with Crippen molar-refractivity contribution in [3.63, 3.8) is 0 Å². The van der Waals surface area contributed by atoms with Crippen molar-refractivity contribution in [2.75, 3.05) is 6.61 Å². The molecule has 0 aliphatic carbocycles. The molecule has 0 unspecified atom stereocenters. The molecule has 0 aliphatic rings. The van der Waals surface area contributed by atoms with Gasteiger partial charge < -0.3 is 9.84 Å². The molecule has 100 valence electrons. The molecule has 0 radical (unpaired) electrons. The molecular weight excluding hydrogens is 312 g/mol. The summed E-state index contributed by atoms with van der Waals surface area (Å²) in [7, 11) is 0. The molecule has 0 atom stereocenters. The Hall–Kier alpha value is -1.82. The van der Waals surface area contributed by atoms with Crippen LogP contribution < -0.4 is 0 Å². The van der Waals surface area contributed by atoms with E-state index in [2.05, 4.69) is 21.0 Å². The summed E-state index contributed by atoms with van der Waals surface area (Å²) in [6, 6.07) is 9.04. The quantitative estimate of drug-likeness (QED) is 0.878. The van der Waals surface area contributed by atoms with Crippen molar-refractivity contribution < 1.29 is 14.6 Å². The molecular formula is C13H13BrN2O3. The van der Waals surface area contributed by atoms with Crippen molar-refractivity contribution in [3.8, 4) is 17.1 Å². The third-order valence-electron chi connectivity index (χ3n) is 2.48. The van der Waals surface area contributed by atoms with E-state index in [0.717, 1.165) is 10.0 Å². The monoisotopic (exact) mass is 324 g/mol. The number of ether oxygens (including phenoxy) is 1. The molecule has 6 heteroatoms. The summed E-state index contributed by atoms with van der Waals surface area (Å²) in [4.78, 5) is 11.4. The van der Waals surface area contributed by atoms with Crippen molar-refractivity contribution in [1.29, 1.82) is 0 Å². The summed E-state index contributed by atoms with van der Waals surface area (Å²) in [6.45, 7) is 1.94. The maximum Gasteiger partial charge on any atom is 0.327 e. The zero-order valence-electron chi connectivity index (χ0n) is 10.3. The van der Waals surface area contributed by atoms with Crippen LogP contribution in [0.5, 0.6) is 5.88 Å². The second-order valence-electron chi connectivity index (χ2n) is 3.86. The lowest BCUT2D eigenvalue weighted by atomic mass is 10.2. The van der Waals surface area contributed by atoms with Crippen LogP contribution in [-0.2, 0) is 16.1 Å². The highest BCUT2D eigenvalue weighted by Gasteiger charge is 2.12. The van der Waals surface area contributed by atoms with Gasteiger partial charge in [-0.3, -0.25) is 4.79 Å². The van der Waals surface area contributed by atoms with Crippen LogP contribution in [0.2, 0.25) is 0 Å². The third-order valence-corrected chi connectivity index (χ3v) is 3.01. The molecule has 1 N–H and O–H groups in total. The van der Waals surface area contributed by atoms with E-state index < -0.39 is 5.97 Å². The topological polar surface area (TPSA) is 64.4 Å². The smallest absolute Gasteiger partial charge is 0.327 e.